The van der Waals surface area contributed by atoms with Gasteiger partial charge in [-0.25, -0.2) is 4.98 Å². The predicted octanol–water partition coefficient (Wildman–Crippen LogP) is 2.38. The third-order valence-electron chi connectivity index (χ3n) is 5.44. The van der Waals surface area contributed by atoms with E-state index < -0.39 is 0 Å². The fourth-order valence-corrected chi connectivity index (χ4v) is 3.62. The number of aryl methyl sites for hydroxylation is 1. The van der Waals surface area contributed by atoms with Gasteiger partial charge in [0.1, 0.15) is 11.9 Å². The molecule has 1 aliphatic heterocycles. The molecule has 0 spiro atoms. The van der Waals surface area contributed by atoms with Gasteiger partial charge >= 0.3 is 0 Å². The van der Waals surface area contributed by atoms with Gasteiger partial charge in [-0.1, -0.05) is 0 Å². The molecule has 3 aromatic rings. The molecule has 28 heavy (non-hydrogen) atoms. The quantitative estimate of drug-likeness (QED) is 0.757. The average Bonchev–Trinajstić information content (AvgIpc) is 2.74. The molecule has 0 unspecified atom stereocenters. The topological polar surface area (TPSA) is 88.9 Å². The van der Waals surface area contributed by atoms with Crippen molar-refractivity contribution < 1.29 is 0 Å². The molecule has 1 aliphatic rings. The second kappa shape index (κ2) is 7.41. The van der Waals surface area contributed by atoms with E-state index in [4.69, 9.17) is 5.26 Å². The SMILES string of the molecule is Cc1cc2ncc([C@@H](C)N3CCN(c4ccc(C#N)cn4)CC3)cc2[nH]c1=O. The fourth-order valence-electron chi connectivity index (χ4n) is 3.62. The third kappa shape index (κ3) is 3.47. The molecule has 0 radical (unpaired) electrons. The van der Waals surface area contributed by atoms with Crippen LogP contribution in [0.2, 0.25) is 0 Å². The van der Waals surface area contributed by atoms with Crippen molar-refractivity contribution in [2.24, 2.45) is 0 Å². The Bertz CT molecular complexity index is 1090. The van der Waals surface area contributed by atoms with Crippen molar-refractivity contribution in [2.75, 3.05) is 31.1 Å². The number of hydrogen-bond donors (Lipinski definition) is 1. The molecule has 4 rings (SSSR count). The van der Waals surface area contributed by atoms with E-state index in [2.05, 4.69) is 37.7 Å². The second-order valence-electron chi connectivity index (χ2n) is 7.20. The minimum Gasteiger partial charge on any atom is -0.354 e. The summed E-state index contributed by atoms with van der Waals surface area (Å²) in [5.74, 6) is 0.909. The van der Waals surface area contributed by atoms with Crippen LogP contribution < -0.4 is 10.5 Å². The highest BCUT2D eigenvalue weighted by Crippen LogP contribution is 2.24. The Morgan fingerprint density at radius 2 is 1.93 bits per heavy atom. The summed E-state index contributed by atoms with van der Waals surface area (Å²) in [6.07, 6.45) is 3.52. The van der Waals surface area contributed by atoms with Crippen molar-refractivity contribution in [3.05, 3.63) is 63.7 Å². The molecule has 0 amide bonds. The summed E-state index contributed by atoms with van der Waals surface area (Å²) in [6, 6.07) is 9.87. The standard InChI is InChI=1S/C21H22N6O/c1-14-9-18-19(25-21(14)28)10-17(13-23-18)15(2)26-5-7-27(8-6-26)20-4-3-16(11-22)12-24-20/h3-4,9-10,12-13,15H,5-8H2,1-2H3,(H,25,28)/t15-/m1/s1. The third-order valence-corrected chi connectivity index (χ3v) is 5.44. The molecule has 3 aromatic heterocycles. The van der Waals surface area contributed by atoms with Crippen molar-refractivity contribution in [3.8, 4) is 6.07 Å². The fraction of sp³-hybridized carbons (Fsp3) is 0.333. The zero-order valence-electron chi connectivity index (χ0n) is 16.0. The van der Waals surface area contributed by atoms with Crippen molar-refractivity contribution in [3.63, 3.8) is 0 Å². The highest BCUT2D eigenvalue weighted by molar-refractivity contribution is 5.74. The number of nitrogens with zero attached hydrogens (tertiary/aromatic N) is 5. The van der Waals surface area contributed by atoms with Gasteiger partial charge in [0.05, 0.1) is 16.6 Å². The number of aromatic nitrogens is 3. The summed E-state index contributed by atoms with van der Waals surface area (Å²) in [7, 11) is 0. The number of pyridine rings is 3. The molecule has 1 fully saturated rings. The van der Waals surface area contributed by atoms with Gasteiger partial charge in [-0.3, -0.25) is 14.7 Å². The number of hydrogen-bond acceptors (Lipinski definition) is 6. The molecule has 7 nitrogen and oxygen atoms in total. The predicted molar refractivity (Wildman–Crippen MR) is 108 cm³/mol. The van der Waals surface area contributed by atoms with Crippen molar-refractivity contribution in [2.45, 2.75) is 19.9 Å². The van der Waals surface area contributed by atoms with E-state index in [0.29, 0.717) is 11.1 Å². The zero-order chi connectivity index (χ0) is 19.7. The van der Waals surface area contributed by atoms with Crippen LogP contribution in [0.15, 0.2) is 41.5 Å². The first-order chi connectivity index (χ1) is 13.5. The Morgan fingerprint density at radius 3 is 2.61 bits per heavy atom. The lowest BCUT2D eigenvalue weighted by atomic mass is 10.1. The molecule has 1 saturated heterocycles. The minimum absolute atomic E-state index is 0.0670. The molecule has 7 heteroatoms. The van der Waals surface area contributed by atoms with E-state index in [1.165, 1.54) is 0 Å². The maximum Gasteiger partial charge on any atom is 0.251 e. The van der Waals surface area contributed by atoms with Gasteiger partial charge in [0.25, 0.3) is 5.56 Å². The van der Waals surface area contributed by atoms with Gasteiger partial charge in [-0.15, -0.1) is 0 Å². The molecule has 142 valence electrons. The maximum absolute atomic E-state index is 11.9. The van der Waals surface area contributed by atoms with Crippen LogP contribution in [0, 0.1) is 18.3 Å². The summed E-state index contributed by atoms with van der Waals surface area (Å²) in [4.78, 5) is 28.4. The highest BCUT2D eigenvalue weighted by Gasteiger charge is 2.23. The number of H-pyrrole nitrogens is 1. The smallest absolute Gasteiger partial charge is 0.251 e. The van der Waals surface area contributed by atoms with Gasteiger partial charge in [-0.05, 0) is 43.7 Å². The average molecular weight is 374 g/mol. The largest absolute Gasteiger partial charge is 0.354 e. The monoisotopic (exact) mass is 374 g/mol. The maximum atomic E-state index is 11.9. The van der Waals surface area contributed by atoms with Crippen LogP contribution in [0.25, 0.3) is 11.0 Å². The molecule has 0 saturated carbocycles. The highest BCUT2D eigenvalue weighted by atomic mass is 16.1. The number of nitrogens with one attached hydrogen (secondary N) is 1. The van der Waals surface area contributed by atoms with E-state index in [1.54, 1.807) is 19.2 Å². The summed E-state index contributed by atoms with van der Waals surface area (Å²) in [6.45, 7) is 7.53. The summed E-state index contributed by atoms with van der Waals surface area (Å²) < 4.78 is 0. The lowest BCUT2D eigenvalue weighted by Gasteiger charge is -2.38. The van der Waals surface area contributed by atoms with E-state index in [0.717, 1.165) is 48.6 Å². The number of rotatable bonds is 3. The minimum atomic E-state index is -0.0670. The van der Waals surface area contributed by atoms with Crippen LogP contribution in [0.3, 0.4) is 0 Å². The molecule has 0 aromatic carbocycles. The lowest BCUT2D eigenvalue weighted by Crippen LogP contribution is -2.47. The Hall–Kier alpha value is -3.24. The van der Waals surface area contributed by atoms with E-state index in [1.807, 2.05) is 24.4 Å². The number of fused-ring (bicyclic) bond motifs is 1. The van der Waals surface area contributed by atoms with Crippen molar-refractivity contribution in [1.82, 2.24) is 19.9 Å². The summed E-state index contributed by atoms with van der Waals surface area (Å²) >= 11 is 0. The normalized spacial score (nSPS) is 16.1. The van der Waals surface area contributed by atoms with Crippen LogP contribution in [0.5, 0.6) is 0 Å². The Labute approximate surface area is 163 Å². The van der Waals surface area contributed by atoms with Crippen LogP contribution in [-0.2, 0) is 0 Å². The number of nitriles is 1. The van der Waals surface area contributed by atoms with Crippen LogP contribution in [-0.4, -0.2) is 46.0 Å². The first-order valence-corrected chi connectivity index (χ1v) is 9.40. The Balaban J connectivity index is 1.47. The molecule has 4 heterocycles. The van der Waals surface area contributed by atoms with Gasteiger partial charge in [0.2, 0.25) is 0 Å². The first kappa shape index (κ1) is 18.1. The van der Waals surface area contributed by atoms with Crippen LogP contribution in [0.1, 0.15) is 29.7 Å². The summed E-state index contributed by atoms with van der Waals surface area (Å²) in [5.41, 5.74) is 3.87. The molecule has 0 bridgehead atoms. The second-order valence-corrected chi connectivity index (χ2v) is 7.20. The zero-order valence-corrected chi connectivity index (χ0v) is 16.0. The number of anilines is 1. The van der Waals surface area contributed by atoms with Crippen LogP contribution >= 0.6 is 0 Å². The van der Waals surface area contributed by atoms with Crippen molar-refractivity contribution >= 4 is 16.9 Å². The van der Waals surface area contributed by atoms with Crippen molar-refractivity contribution in [1.29, 1.82) is 5.26 Å². The first-order valence-electron chi connectivity index (χ1n) is 9.40. The Morgan fingerprint density at radius 1 is 1.14 bits per heavy atom. The molecule has 1 N–H and O–H groups in total. The van der Waals surface area contributed by atoms with E-state index in [9.17, 15) is 4.79 Å². The Kier molecular flexibility index (Phi) is 4.80. The molecule has 0 aliphatic carbocycles. The number of piperazine rings is 1. The summed E-state index contributed by atoms with van der Waals surface area (Å²) in [5, 5.41) is 8.90. The van der Waals surface area contributed by atoms with Crippen LogP contribution in [0.4, 0.5) is 5.82 Å². The lowest BCUT2D eigenvalue weighted by molar-refractivity contribution is 0.198. The molecular weight excluding hydrogens is 352 g/mol. The number of aromatic amines is 1. The van der Waals surface area contributed by atoms with E-state index in [-0.39, 0.29) is 11.6 Å². The van der Waals surface area contributed by atoms with Gasteiger partial charge < -0.3 is 9.88 Å². The molecular formula is C21H22N6O. The molecule has 1 atom stereocenters. The van der Waals surface area contributed by atoms with E-state index >= 15 is 0 Å². The van der Waals surface area contributed by atoms with Gasteiger partial charge in [0.15, 0.2) is 0 Å². The van der Waals surface area contributed by atoms with Gasteiger partial charge in [0, 0.05) is 50.2 Å². The van der Waals surface area contributed by atoms with Gasteiger partial charge in [-0.2, -0.15) is 5.26 Å².